The molecule has 0 bridgehead atoms. The fraction of sp³-hybridized carbons (Fsp3) is 0.667. The van der Waals surface area contributed by atoms with E-state index in [1.54, 1.807) is 7.11 Å². The first-order valence-electron chi connectivity index (χ1n) is 9.58. The smallest absolute Gasteiger partial charge is 0.131 e. The van der Waals surface area contributed by atoms with Crippen molar-refractivity contribution in [3.63, 3.8) is 0 Å². The van der Waals surface area contributed by atoms with E-state index in [9.17, 15) is 5.11 Å². The van der Waals surface area contributed by atoms with Crippen LogP contribution in [0.1, 0.15) is 52.5 Å². The molecule has 0 unspecified atom stereocenters. The first-order valence-corrected chi connectivity index (χ1v) is 9.58. The topological polar surface area (TPSA) is 45.1 Å². The number of aliphatic hydroxyl groups excluding tert-OH is 1. The monoisotopic (exact) mass is 346 g/mol. The van der Waals surface area contributed by atoms with Gasteiger partial charge in [-0.1, -0.05) is 51.1 Å². The fourth-order valence-electron chi connectivity index (χ4n) is 3.61. The van der Waals surface area contributed by atoms with Crippen molar-refractivity contribution in [3.8, 4) is 0 Å². The number of aliphatic imine (C=N–C) groups is 1. The van der Waals surface area contributed by atoms with Crippen molar-refractivity contribution >= 4 is 5.84 Å². The molecule has 1 aromatic rings. The van der Waals surface area contributed by atoms with Gasteiger partial charge < -0.3 is 14.7 Å². The molecule has 2 rings (SSSR count). The van der Waals surface area contributed by atoms with E-state index < -0.39 is 0 Å². The summed E-state index contributed by atoms with van der Waals surface area (Å²) in [4.78, 5) is 7.50. The quantitative estimate of drug-likeness (QED) is 0.630. The highest BCUT2D eigenvalue weighted by Crippen LogP contribution is 2.28. The molecule has 4 nitrogen and oxygen atoms in total. The second-order valence-corrected chi connectivity index (χ2v) is 7.44. The Morgan fingerprint density at radius 2 is 1.96 bits per heavy atom. The van der Waals surface area contributed by atoms with E-state index in [0.29, 0.717) is 18.6 Å². The van der Waals surface area contributed by atoms with Crippen LogP contribution < -0.4 is 0 Å². The average molecular weight is 347 g/mol. The van der Waals surface area contributed by atoms with Gasteiger partial charge in [0, 0.05) is 18.7 Å². The summed E-state index contributed by atoms with van der Waals surface area (Å²) in [5, 5.41) is 10.5. The maximum absolute atomic E-state index is 10.5. The van der Waals surface area contributed by atoms with Crippen LogP contribution in [0.2, 0.25) is 0 Å². The maximum atomic E-state index is 10.5. The van der Waals surface area contributed by atoms with E-state index in [2.05, 4.69) is 56.9 Å². The lowest BCUT2D eigenvalue weighted by atomic mass is 9.91. The number of nitrogens with zero attached hydrogens (tertiary/aromatic N) is 2. The Bertz CT molecular complexity index is 542. The molecule has 1 heterocycles. The van der Waals surface area contributed by atoms with Crippen LogP contribution in [0.25, 0.3) is 0 Å². The average Bonchev–Trinajstić information content (AvgIpc) is 2.62. The maximum Gasteiger partial charge on any atom is 0.131 e. The minimum absolute atomic E-state index is 0.0630. The molecule has 4 heteroatoms. The summed E-state index contributed by atoms with van der Waals surface area (Å²) in [5.41, 5.74) is 1.11. The zero-order chi connectivity index (χ0) is 18.4. The molecule has 0 saturated carbocycles. The highest BCUT2D eigenvalue weighted by Gasteiger charge is 2.35. The SMILES string of the molecule is CC[C@@H]1CC[C@@H](O)[C@@H](C)N1C(=N[C@H](COC)C(C)C)c1ccccc1. The molecule has 4 atom stereocenters. The number of benzene rings is 1. The summed E-state index contributed by atoms with van der Waals surface area (Å²) in [6.45, 7) is 9.31. The molecule has 1 aromatic carbocycles. The van der Waals surface area contributed by atoms with Crippen molar-refractivity contribution in [2.45, 2.75) is 71.2 Å². The summed E-state index contributed by atoms with van der Waals surface area (Å²) in [6.07, 6.45) is 2.62. The first kappa shape index (κ1) is 19.9. The Morgan fingerprint density at radius 1 is 1.28 bits per heavy atom. The van der Waals surface area contributed by atoms with Gasteiger partial charge in [0.25, 0.3) is 0 Å². The minimum atomic E-state index is -0.309. The van der Waals surface area contributed by atoms with Gasteiger partial charge in [-0.15, -0.1) is 0 Å². The van der Waals surface area contributed by atoms with Crippen LogP contribution in [0, 0.1) is 5.92 Å². The van der Waals surface area contributed by atoms with Crippen molar-refractivity contribution in [3.05, 3.63) is 35.9 Å². The zero-order valence-corrected chi connectivity index (χ0v) is 16.4. The van der Waals surface area contributed by atoms with Crippen molar-refractivity contribution in [2.75, 3.05) is 13.7 Å². The van der Waals surface area contributed by atoms with Gasteiger partial charge in [0.15, 0.2) is 0 Å². The molecular weight excluding hydrogens is 312 g/mol. The van der Waals surface area contributed by atoms with Gasteiger partial charge >= 0.3 is 0 Å². The Hall–Kier alpha value is -1.39. The number of amidine groups is 1. The number of likely N-dealkylation sites (tertiary alicyclic amines) is 1. The van der Waals surface area contributed by atoms with Gasteiger partial charge in [-0.25, -0.2) is 0 Å². The van der Waals surface area contributed by atoms with E-state index in [1.807, 2.05) is 6.07 Å². The number of rotatable bonds is 6. The minimum Gasteiger partial charge on any atom is -0.391 e. The molecule has 0 amide bonds. The lowest BCUT2D eigenvalue weighted by Gasteiger charge is -2.45. The standard InChI is InChI=1S/C21H34N2O2/c1-6-18-12-13-20(24)16(4)23(18)21(17-10-8-7-9-11-17)22-19(14-25-5)15(2)3/h7-11,15-16,18-20,24H,6,12-14H2,1-5H3/t16-,18-,19-,20-/m1/s1. The number of piperidine rings is 1. The summed E-state index contributed by atoms with van der Waals surface area (Å²) in [6, 6.07) is 10.9. The third-order valence-electron chi connectivity index (χ3n) is 5.33. The number of methoxy groups -OCH3 is 1. The van der Waals surface area contributed by atoms with Crippen molar-refractivity contribution in [1.29, 1.82) is 0 Å². The van der Waals surface area contributed by atoms with Gasteiger partial charge in [0.05, 0.1) is 24.8 Å². The molecule has 1 N–H and O–H groups in total. The molecule has 0 aromatic heterocycles. The van der Waals surface area contributed by atoms with E-state index in [4.69, 9.17) is 9.73 Å². The molecule has 1 aliphatic heterocycles. The van der Waals surface area contributed by atoms with Crippen molar-refractivity contribution in [1.82, 2.24) is 4.90 Å². The van der Waals surface area contributed by atoms with Gasteiger partial charge in [0.1, 0.15) is 5.84 Å². The fourth-order valence-corrected chi connectivity index (χ4v) is 3.61. The molecule has 25 heavy (non-hydrogen) atoms. The molecule has 1 saturated heterocycles. The van der Waals surface area contributed by atoms with E-state index in [-0.39, 0.29) is 18.2 Å². The summed E-state index contributed by atoms with van der Waals surface area (Å²) in [7, 11) is 1.73. The Kier molecular flexibility index (Phi) is 7.45. The number of ether oxygens (including phenoxy) is 1. The number of aliphatic hydroxyl groups is 1. The van der Waals surface area contributed by atoms with Crippen LogP contribution in [-0.2, 0) is 4.74 Å². The lowest BCUT2D eigenvalue weighted by molar-refractivity contribution is 0.0257. The predicted molar refractivity (Wildman–Crippen MR) is 104 cm³/mol. The van der Waals surface area contributed by atoms with Gasteiger partial charge in [-0.3, -0.25) is 4.99 Å². The summed E-state index contributed by atoms with van der Waals surface area (Å²) < 4.78 is 5.42. The molecule has 1 fully saturated rings. The van der Waals surface area contributed by atoms with Crippen LogP contribution in [0.5, 0.6) is 0 Å². The molecule has 0 spiro atoms. The van der Waals surface area contributed by atoms with Gasteiger partial charge in [-0.05, 0) is 32.1 Å². The predicted octanol–water partition coefficient (Wildman–Crippen LogP) is 3.73. The largest absolute Gasteiger partial charge is 0.391 e. The van der Waals surface area contributed by atoms with Crippen LogP contribution in [0.4, 0.5) is 0 Å². The van der Waals surface area contributed by atoms with Gasteiger partial charge in [-0.2, -0.15) is 0 Å². The molecule has 0 radical (unpaired) electrons. The first-order chi connectivity index (χ1) is 12.0. The van der Waals surface area contributed by atoms with E-state index >= 15 is 0 Å². The van der Waals surface area contributed by atoms with E-state index in [1.165, 1.54) is 0 Å². The lowest BCUT2D eigenvalue weighted by Crippen LogP contribution is -2.55. The summed E-state index contributed by atoms with van der Waals surface area (Å²) >= 11 is 0. The molecule has 140 valence electrons. The summed E-state index contributed by atoms with van der Waals surface area (Å²) in [5.74, 6) is 1.39. The molecular formula is C21H34N2O2. The normalized spacial score (nSPS) is 26.1. The van der Waals surface area contributed by atoms with Crippen LogP contribution in [0.3, 0.4) is 0 Å². The Labute approximate surface area is 152 Å². The second kappa shape index (κ2) is 9.35. The molecule has 0 aliphatic carbocycles. The zero-order valence-electron chi connectivity index (χ0n) is 16.4. The number of hydrogen-bond acceptors (Lipinski definition) is 3. The van der Waals surface area contributed by atoms with Crippen LogP contribution in [0.15, 0.2) is 35.3 Å². The Balaban J connectivity index is 2.49. The van der Waals surface area contributed by atoms with E-state index in [0.717, 1.165) is 30.7 Å². The Morgan fingerprint density at radius 3 is 2.52 bits per heavy atom. The molecule has 1 aliphatic rings. The third kappa shape index (κ3) is 4.83. The van der Waals surface area contributed by atoms with Crippen LogP contribution >= 0.6 is 0 Å². The second-order valence-electron chi connectivity index (χ2n) is 7.44. The van der Waals surface area contributed by atoms with Gasteiger partial charge in [0.2, 0.25) is 0 Å². The highest BCUT2D eigenvalue weighted by atomic mass is 16.5. The van der Waals surface area contributed by atoms with Crippen LogP contribution in [-0.4, -0.2) is 53.8 Å². The highest BCUT2D eigenvalue weighted by molar-refractivity contribution is 5.99. The number of hydrogen-bond donors (Lipinski definition) is 1. The third-order valence-corrected chi connectivity index (χ3v) is 5.33. The van der Waals surface area contributed by atoms with Crippen molar-refractivity contribution < 1.29 is 9.84 Å². The van der Waals surface area contributed by atoms with Crippen molar-refractivity contribution in [2.24, 2.45) is 10.9 Å².